The molecule has 0 spiro atoms. The Morgan fingerprint density at radius 2 is 1.79 bits per heavy atom. The third-order valence-electron chi connectivity index (χ3n) is 14.8. The predicted molar refractivity (Wildman–Crippen MR) is 207 cm³/mol. The predicted octanol–water partition coefficient (Wildman–Crippen LogP) is 1.74. The topological polar surface area (TPSA) is 223 Å². The number of Topliss-reactive ketones (excluding diaryl/α,β-unsaturated/α-hetero) is 1. The Hall–Kier alpha value is -3.76. The number of primary amides is 1. The van der Waals surface area contributed by atoms with Gasteiger partial charge in [-0.15, -0.1) is 0 Å². The number of nitrogens with two attached hydrogens (primary N) is 1. The number of fused-ring (bicyclic) bond motifs is 7. The van der Waals surface area contributed by atoms with Gasteiger partial charge in [-0.05, 0) is 86.3 Å². The van der Waals surface area contributed by atoms with Crippen LogP contribution in [-0.2, 0) is 44.7 Å². The monoisotopic (exact) mass is 850 g/mol. The standard InChI is InChI=1S/C42H51BrN4O10/c1-38-10-9-25(49)11-24(38)7-8-26-27-12-31-42(30(51)18-48,39(27,2)15-29(50)35(26)38)57-37(56-31)23-5-3-22(4-6-23)14-40-19-41(20-40,21-40)47-36(55)28(13-32(44)52)46-34(54)17-45-33(53)16-43/h3-6,9-11,26-29,31,35,37,48,50H,7-8,12-21H2,1-2H3,(H2,44,52)(H,45,53)(H,46,54)(H,47,55)/t26-,27-,28-,29-,31+,35+,37+,38-,39-,40?,41?,42+/m0/s1. The van der Waals surface area contributed by atoms with Crippen LogP contribution in [0.15, 0.2) is 48.1 Å². The molecule has 1 heterocycles. The molecule has 306 valence electrons. The lowest BCUT2D eigenvalue weighted by Crippen LogP contribution is -2.76. The fourth-order valence-electron chi connectivity index (χ4n) is 12.6. The molecule has 1 aromatic rings. The van der Waals surface area contributed by atoms with E-state index in [9.17, 15) is 39.0 Å². The number of benzene rings is 1. The number of nitrogens with one attached hydrogen (secondary N) is 3. The summed E-state index contributed by atoms with van der Waals surface area (Å²) in [4.78, 5) is 74.8. The van der Waals surface area contributed by atoms with Crippen molar-refractivity contribution < 1.29 is 48.5 Å². The van der Waals surface area contributed by atoms with E-state index in [1.165, 1.54) is 0 Å². The molecule has 9 rings (SSSR count). The highest BCUT2D eigenvalue weighted by molar-refractivity contribution is 9.09. The molecule has 1 aliphatic heterocycles. The molecule has 0 radical (unpaired) electrons. The Kier molecular flexibility index (Phi) is 9.98. The van der Waals surface area contributed by atoms with Crippen LogP contribution in [-0.4, -0.2) is 93.3 Å². The second kappa shape index (κ2) is 14.2. The number of carbonyl (C=O) groups excluding carboxylic acids is 6. The normalized spacial score (nSPS) is 39.8. The first-order chi connectivity index (χ1) is 27.0. The number of alkyl halides is 1. The van der Waals surface area contributed by atoms with Gasteiger partial charge in [0.25, 0.3) is 0 Å². The van der Waals surface area contributed by atoms with Crippen LogP contribution in [0.3, 0.4) is 0 Å². The van der Waals surface area contributed by atoms with Crippen LogP contribution in [0.5, 0.6) is 0 Å². The summed E-state index contributed by atoms with van der Waals surface area (Å²) in [5.41, 5.74) is 5.17. The molecule has 7 aliphatic carbocycles. The Bertz CT molecular complexity index is 1950. The van der Waals surface area contributed by atoms with Gasteiger partial charge in [0.15, 0.2) is 23.5 Å². The minimum Gasteiger partial charge on any atom is -0.393 e. The summed E-state index contributed by atoms with van der Waals surface area (Å²) >= 11 is 3.00. The van der Waals surface area contributed by atoms with Gasteiger partial charge in [0, 0.05) is 27.9 Å². The highest BCUT2D eigenvalue weighted by Crippen LogP contribution is 2.71. The molecule has 0 unspecified atom stereocenters. The third kappa shape index (κ3) is 6.43. The minimum absolute atomic E-state index is 0.00511. The van der Waals surface area contributed by atoms with Crippen molar-refractivity contribution >= 4 is 51.1 Å². The van der Waals surface area contributed by atoms with Gasteiger partial charge in [-0.2, -0.15) is 0 Å². The van der Waals surface area contributed by atoms with E-state index in [4.69, 9.17) is 15.2 Å². The van der Waals surface area contributed by atoms with Crippen LogP contribution in [0.1, 0.15) is 82.6 Å². The number of amides is 4. The summed E-state index contributed by atoms with van der Waals surface area (Å²) in [5, 5.41) is 30.2. The lowest BCUT2D eigenvalue weighted by molar-refractivity contribution is -0.201. The zero-order valence-corrected chi connectivity index (χ0v) is 33.8. The zero-order valence-electron chi connectivity index (χ0n) is 32.2. The number of aliphatic hydroxyl groups is 2. The molecule has 15 heteroatoms. The molecule has 8 aliphatic rings. The van der Waals surface area contributed by atoms with Gasteiger partial charge in [0.1, 0.15) is 12.6 Å². The lowest BCUT2D eigenvalue weighted by atomic mass is 9.38. The maximum Gasteiger partial charge on any atom is 0.243 e. The van der Waals surface area contributed by atoms with Crippen molar-refractivity contribution in [3.8, 4) is 0 Å². The van der Waals surface area contributed by atoms with Gasteiger partial charge < -0.3 is 41.4 Å². The second-order valence-electron chi connectivity index (χ2n) is 18.3. The third-order valence-corrected chi connectivity index (χ3v) is 15.3. The number of hydrogen-bond acceptors (Lipinski definition) is 10. The van der Waals surface area contributed by atoms with Gasteiger partial charge in [0.2, 0.25) is 23.6 Å². The number of ether oxygens (including phenoxy) is 2. The largest absolute Gasteiger partial charge is 0.393 e. The summed E-state index contributed by atoms with van der Waals surface area (Å²) in [6.07, 6.45) is 8.14. The van der Waals surface area contributed by atoms with Crippen LogP contribution in [0, 0.1) is 34.0 Å². The highest BCUT2D eigenvalue weighted by atomic mass is 79.9. The second-order valence-corrected chi connectivity index (χ2v) is 18.8. The number of halogens is 1. The van der Waals surface area contributed by atoms with E-state index >= 15 is 0 Å². The van der Waals surface area contributed by atoms with Crippen LogP contribution in [0.25, 0.3) is 0 Å². The summed E-state index contributed by atoms with van der Waals surface area (Å²) in [5.74, 6) is -2.73. The number of carbonyl (C=O) groups is 6. The molecule has 1 aromatic carbocycles. The van der Waals surface area contributed by atoms with Crippen molar-refractivity contribution in [2.75, 3.05) is 18.5 Å². The van der Waals surface area contributed by atoms with Gasteiger partial charge in [-0.1, -0.05) is 65.7 Å². The van der Waals surface area contributed by atoms with E-state index in [1.54, 1.807) is 12.2 Å². The summed E-state index contributed by atoms with van der Waals surface area (Å²) in [7, 11) is 0. The van der Waals surface area contributed by atoms with Crippen molar-refractivity contribution in [3.63, 3.8) is 0 Å². The van der Waals surface area contributed by atoms with Gasteiger partial charge in [-0.3, -0.25) is 28.8 Å². The average molecular weight is 852 g/mol. The zero-order chi connectivity index (χ0) is 40.7. The van der Waals surface area contributed by atoms with E-state index in [-0.39, 0.29) is 47.2 Å². The van der Waals surface area contributed by atoms with Crippen molar-refractivity contribution in [1.29, 1.82) is 0 Å². The first-order valence-electron chi connectivity index (χ1n) is 19.9. The number of rotatable bonds is 13. The fraction of sp³-hybridized carbons (Fsp3) is 0.619. The lowest BCUT2D eigenvalue weighted by Gasteiger charge is -2.71. The Morgan fingerprint density at radius 3 is 2.46 bits per heavy atom. The molecule has 14 nitrogen and oxygen atoms in total. The number of ketones is 2. The first-order valence-corrected chi connectivity index (χ1v) is 21.0. The van der Waals surface area contributed by atoms with Crippen LogP contribution in [0.2, 0.25) is 0 Å². The summed E-state index contributed by atoms with van der Waals surface area (Å²) < 4.78 is 13.4. The molecule has 0 aromatic heterocycles. The number of allylic oxidation sites excluding steroid dienone is 4. The fourth-order valence-corrected chi connectivity index (χ4v) is 12.8. The quantitative estimate of drug-likeness (QED) is 0.158. The maximum atomic E-state index is 13.9. The van der Waals surface area contributed by atoms with Crippen LogP contribution in [0.4, 0.5) is 0 Å². The van der Waals surface area contributed by atoms with Gasteiger partial charge in [-0.25, -0.2) is 0 Å². The maximum absolute atomic E-state index is 13.9. The van der Waals surface area contributed by atoms with E-state index < -0.39 is 82.5 Å². The smallest absolute Gasteiger partial charge is 0.243 e. The average Bonchev–Trinajstić information content (AvgIpc) is 3.64. The van der Waals surface area contributed by atoms with Gasteiger partial charge >= 0.3 is 0 Å². The molecule has 7 N–H and O–H groups in total. The first kappa shape index (κ1) is 40.0. The molecule has 4 amide bonds. The van der Waals surface area contributed by atoms with E-state index in [0.717, 1.165) is 55.2 Å². The van der Waals surface area contributed by atoms with E-state index in [2.05, 4.69) is 38.8 Å². The molecule has 10 atom stereocenters. The van der Waals surface area contributed by atoms with Crippen LogP contribution >= 0.6 is 15.9 Å². The molecule has 1 saturated heterocycles. The summed E-state index contributed by atoms with van der Waals surface area (Å²) in [6, 6.07) is 6.76. The molecular weight excluding hydrogens is 800 g/mol. The Labute approximate surface area is 339 Å². The molecule has 2 bridgehead atoms. The number of hydrogen-bond donors (Lipinski definition) is 6. The van der Waals surface area contributed by atoms with Crippen LogP contribution < -0.4 is 21.7 Å². The SMILES string of the molecule is C[C@]12C=CC(=O)C=C1CC[C@@H]1[C@@H]2[C@@H](O)C[C@@]2(C)[C@H]1C[C@H]1O[C@@H](c3ccc(CC45CC(NC(=O)[C@H](CC(N)=O)NC(=O)CNC(=O)CBr)(C4)C5)cc3)O[C@]12C(=O)CO. The molecular formula is C42H51BrN4O10. The Balaban J connectivity index is 0.904. The van der Waals surface area contributed by atoms with Crippen molar-refractivity contribution in [2.45, 2.75) is 107 Å². The number of aliphatic hydroxyl groups excluding tert-OH is 2. The van der Waals surface area contributed by atoms with E-state index in [0.29, 0.717) is 12.8 Å². The highest BCUT2D eigenvalue weighted by Gasteiger charge is 2.76. The summed E-state index contributed by atoms with van der Waals surface area (Å²) in [6.45, 7) is 3.09. The molecule has 7 fully saturated rings. The minimum atomic E-state index is -1.43. The molecule has 6 saturated carbocycles. The van der Waals surface area contributed by atoms with Crippen molar-refractivity contribution in [3.05, 3.63) is 59.2 Å². The van der Waals surface area contributed by atoms with Crippen molar-refractivity contribution in [2.24, 2.45) is 39.7 Å². The van der Waals surface area contributed by atoms with Gasteiger partial charge in [0.05, 0.1) is 30.5 Å². The molecule has 57 heavy (non-hydrogen) atoms. The van der Waals surface area contributed by atoms with E-state index in [1.807, 2.05) is 37.3 Å². The van der Waals surface area contributed by atoms with Crippen molar-refractivity contribution in [1.82, 2.24) is 16.0 Å². The Morgan fingerprint density at radius 1 is 1.07 bits per heavy atom.